The SMILES string of the molecule is O=C(CN1CCN(C(=O)c2ccccc2F)CC1)N1CCN(C2CCC2)CC1. The van der Waals surface area contributed by atoms with Gasteiger partial charge in [0.05, 0.1) is 12.1 Å². The van der Waals surface area contributed by atoms with E-state index in [2.05, 4.69) is 9.80 Å². The Hall–Kier alpha value is -1.99. The van der Waals surface area contributed by atoms with Crippen LogP contribution in [-0.4, -0.2) is 96.4 Å². The number of rotatable bonds is 4. The second kappa shape index (κ2) is 8.57. The number of piperazine rings is 2. The molecule has 0 aromatic heterocycles. The molecule has 3 aliphatic rings. The molecule has 4 rings (SSSR count). The summed E-state index contributed by atoms with van der Waals surface area (Å²) in [5, 5.41) is 0. The smallest absolute Gasteiger partial charge is 0.256 e. The van der Waals surface area contributed by atoms with Crippen molar-refractivity contribution in [3.05, 3.63) is 35.6 Å². The molecule has 28 heavy (non-hydrogen) atoms. The monoisotopic (exact) mass is 388 g/mol. The van der Waals surface area contributed by atoms with Gasteiger partial charge in [-0.1, -0.05) is 18.6 Å². The number of hydrogen-bond donors (Lipinski definition) is 0. The van der Waals surface area contributed by atoms with E-state index in [9.17, 15) is 14.0 Å². The molecule has 7 heteroatoms. The highest BCUT2D eigenvalue weighted by atomic mass is 19.1. The summed E-state index contributed by atoms with van der Waals surface area (Å²) in [6.45, 7) is 6.36. The topological polar surface area (TPSA) is 47.1 Å². The van der Waals surface area contributed by atoms with Crippen LogP contribution >= 0.6 is 0 Å². The molecule has 0 bridgehead atoms. The third-order valence-corrected chi connectivity index (χ3v) is 6.38. The lowest BCUT2D eigenvalue weighted by atomic mass is 9.91. The molecule has 0 spiro atoms. The fourth-order valence-corrected chi connectivity index (χ4v) is 4.29. The van der Waals surface area contributed by atoms with Crippen LogP contribution in [0.4, 0.5) is 4.39 Å². The molecule has 152 valence electrons. The van der Waals surface area contributed by atoms with Crippen LogP contribution in [0.25, 0.3) is 0 Å². The van der Waals surface area contributed by atoms with Crippen LogP contribution in [0.2, 0.25) is 0 Å². The first-order valence-electron chi connectivity index (χ1n) is 10.4. The highest BCUT2D eigenvalue weighted by Gasteiger charge is 2.30. The van der Waals surface area contributed by atoms with Crippen LogP contribution in [0.3, 0.4) is 0 Å². The minimum atomic E-state index is -0.480. The molecule has 2 aliphatic heterocycles. The van der Waals surface area contributed by atoms with E-state index in [0.29, 0.717) is 32.7 Å². The zero-order valence-electron chi connectivity index (χ0n) is 16.4. The summed E-state index contributed by atoms with van der Waals surface area (Å²) < 4.78 is 13.8. The standard InChI is InChI=1S/C21H29FN4O2/c22-19-7-2-1-6-18(19)21(28)26-10-8-23(9-11-26)16-20(27)25-14-12-24(13-15-25)17-4-3-5-17/h1-2,6-7,17H,3-5,8-16H2. The average molecular weight is 388 g/mol. The number of amides is 2. The van der Waals surface area contributed by atoms with Gasteiger partial charge in [-0.15, -0.1) is 0 Å². The van der Waals surface area contributed by atoms with Crippen LogP contribution in [0.1, 0.15) is 29.6 Å². The predicted octanol–water partition coefficient (Wildman–Crippen LogP) is 1.28. The lowest BCUT2D eigenvalue weighted by Gasteiger charge is -2.43. The molecule has 0 atom stereocenters. The first-order valence-corrected chi connectivity index (χ1v) is 10.4. The van der Waals surface area contributed by atoms with Gasteiger partial charge >= 0.3 is 0 Å². The first-order chi connectivity index (χ1) is 13.6. The van der Waals surface area contributed by atoms with Gasteiger partial charge < -0.3 is 9.80 Å². The number of carbonyl (C=O) groups excluding carboxylic acids is 2. The summed E-state index contributed by atoms with van der Waals surface area (Å²) in [6.07, 6.45) is 3.96. The molecular formula is C21H29FN4O2. The molecule has 6 nitrogen and oxygen atoms in total. The van der Waals surface area contributed by atoms with Crippen LogP contribution in [0, 0.1) is 5.82 Å². The third-order valence-electron chi connectivity index (χ3n) is 6.38. The minimum Gasteiger partial charge on any atom is -0.339 e. The van der Waals surface area contributed by atoms with Crippen LogP contribution in [-0.2, 0) is 4.79 Å². The van der Waals surface area contributed by atoms with Crippen molar-refractivity contribution in [3.8, 4) is 0 Å². The van der Waals surface area contributed by atoms with Gasteiger partial charge in [0, 0.05) is 58.4 Å². The zero-order valence-corrected chi connectivity index (χ0v) is 16.4. The number of nitrogens with zero attached hydrogens (tertiary/aromatic N) is 4. The number of halogens is 1. The second-order valence-corrected chi connectivity index (χ2v) is 8.05. The van der Waals surface area contributed by atoms with E-state index in [0.717, 1.165) is 32.2 Å². The Morgan fingerprint density at radius 2 is 1.54 bits per heavy atom. The molecule has 0 N–H and O–H groups in total. The van der Waals surface area contributed by atoms with Crippen molar-refractivity contribution in [2.24, 2.45) is 0 Å². The molecule has 2 saturated heterocycles. The van der Waals surface area contributed by atoms with Crippen molar-refractivity contribution in [3.63, 3.8) is 0 Å². The summed E-state index contributed by atoms with van der Waals surface area (Å²) >= 11 is 0. The normalized spacial score (nSPS) is 22.2. The molecule has 1 aromatic carbocycles. The van der Waals surface area contributed by atoms with Crippen molar-refractivity contribution >= 4 is 11.8 Å². The number of hydrogen-bond acceptors (Lipinski definition) is 4. The van der Waals surface area contributed by atoms with Crippen LogP contribution in [0.15, 0.2) is 24.3 Å². The van der Waals surface area contributed by atoms with Gasteiger partial charge in [0.15, 0.2) is 0 Å². The van der Waals surface area contributed by atoms with Crippen molar-refractivity contribution in [1.29, 1.82) is 0 Å². The van der Waals surface area contributed by atoms with E-state index in [-0.39, 0.29) is 17.4 Å². The minimum absolute atomic E-state index is 0.122. The Morgan fingerprint density at radius 3 is 2.14 bits per heavy atom. The first kappa shape index (κ1) is 19.3. The lowest BCUT2D eigenvalue weighted by molar-refractivity contribution is -0.135. The molecule has 2 heterocycles. The maximum Gasteiger partial charge on any atom is 0.256 e. The van der Waals surface area contributed by atoms with Crippen LogP contribution in [0.5, 0.6) is 0 Å². The largest absolute Gasteiger partial charge is 0.339 e. The third kappa shape index (κ3) is 4.20. The predicted molar refractivity (Wildman–Crippen MR) is 105 cm³/mol. The van der Waals surface area contributed by atoms with E-state index in [1.807, 2.05) is 4.90 Å². The van der Waals surface area contributed by atoms with E-state index >= 15 is 0 Å². The van der Waals surface area contributed by atoms with Gasteiger partial charge in [-0.05, 0) is 25.0 Å². The van der Waals surface area contributed by atoms with E-state index < -0.39 is 5.82 Å². The number of benzene rings is 1. The summed E-state index contributed by atoms with van der Waals surface area (Å²) in [7, 11) is 0. The Labute approximate surface area is 165 Å². The molecule has 1 saturated carbocycles. The van der Waals surface area contributed by atoms with Crippen LogP contribution < -0.4 is 0 Å². The van der Waals surface area contributed by atoms with Gasteiger partial charge in [-0.3, -0.25) is 19.4 Å². The van der Waals surface area contributed by atoms with Crippen molar-refractivity contribution in [1.82, 2.24) is 19.6 Å². The molecule has 2 amide bonds. The Bertz CT molecular complexity index is 708. The Balaban J connectivity index is 1.21. The Kier molecular flexibility index (Phi) is 5.92. The quantitative estimate of drug-likeness (QED) is 0.780. The molecule has 1 aliphatic carbocycles. The molecule has 1 aromatic rings. The van der Waals surface area contributed by atoms with Gasteiger partial charge in [0.25, 0.3) is 5.91 Å². The van der Waals surface area contributed by atoms with E-state index in [1.54, 1.807) is 17.0 Å². The fourth-order valence-electron chi connectivity index (χ4n) is 4.29. The zero-order chi connectivity index (χ0) is 19.5. The van der Waals surface area contributed by atoms with Gasteiger partial charge in [0.1, 0.15) is 5.82 Å². The molecular weight excluding hydrogens is 359 g/mol. The second-order valence-electron chi connectivity index (χ2n) is 8.05. The maximum atomic E-state index is 13.8. The van der Waals surface area contributed by atoms with Gasteiger partial charge in [0.2, 0.25) is 5.91 Å². The van der Waals surface area contributed by atoms with E-state index in [4.69, 9.17) is 0 Å². The summed E-state index contributed by atoms with van der Waals surface area (Å²) in [6, 6.07) is 6.85. The highest BCUT2D eigenvalue weighted by Crippen LogP contribution is 2.25. The fraction of sp³-hybridized carbons (Fsp3) is 0.619. The molecule has 0 radical (unpaired) electrons. The highest BCUT2D eigenvalue weighted by molar-refractivity contribution is 5.94. The van der Waals surface area contributed by atoms with E-state index in [1.165, 1.54) is 31.4 Å². The van der Waals surface area contributed by atoms with Crippen molar-refractivity contribution < 1.29 is 14.0 Å². The summed E-state index contributed by atoms with van der Waals surface area (Å²) in [5.41, 5.74) is 0.122. The summed E-state index contributed by atoms with van der Waals surface area (Å²) in [5.74, 6) is -0.565. The molecule has 3 fully saturated rings. The Morgan fingerprint density at radius 1 is 0.893 bits per heavy atom. The van der Waals surface area contributed by atoms with Crippen molar-refractivity contribution in [2.75, 3.05) is 58.9 Å². The summed E-state index contributed by atoms with van der Waals surface area (Å²) in [4.78, 5) is 33.4. The number of carbonyl (C=O) groups is 2. The average Bonchev–Trinajstić information content (AvgIpc) is 2.68. The van der Waals surface area contributed by atoms with Gasteiger partial charge in [-0.2, -0.15) is 0 Å². The van der Waals surface area contributed by atoms with Gasteiger partial charge in [-0.25, -0.2) is 4.39 Å². The molecule has 0 unspecified atom stereocenters. The maximum absolute atomic E-state index is 13.8. The van der Waals surface area contributed by atoms with Crippen molar-refractivity contribution in [2.45, 2.75) is 25.3 Å². The lowest BCUT2D eigenvalue weighted by Crippen LogP contribution is -2.56.